The minimum atomic E-state index is -4.56. The van der Waals surface area contributed by atoms with E-state index in [1.165, 1.54) is 12.1 Å². The highest BCUT2D eigenvalue weighted by molar-refractivity contribution is 7.90. The molecule has 0 saturated carbocycles. The summed E-state index contributed by atoms with van der Waals surface area (Å²) < 4.78 is 27.2. The number of carbonyl (C=O) groups excluding carboxylic acids is 1. The number of hydrogen-bond donors (Lipinski definition) is 2. The third kappa shape index (κ3) is 4.23. The van der Waals surface area contributed by atoms with Crippen LogP contribution in [0.2, 0.25) is 5.02 Å². The first kappa shape index (κ1) is 21.1. The molecule has 9 heteroatoms. The standard InChI is InChI=1S/C18H21ClN2O5S/c1-4-6-15(22)20-27(25,26)18(3,24)21-10-9-13(11-16(21)23)14-8-5-7-12(2)17(14)19/h5,7-11,24H,4,6H2,1-3H3,(H,20,22)/t18-/m1/s1. The number of carbonyl (C=O) groups is 1. The van der Waals surface area contributed by atoms with E-state index in [9.17, 15) is 23.1 Å². The van der Waals surface area contributed by atoms with E-state index in [4.69, 9.17) is 11.6 Å². The first-order valence-corrected chi connectivity index (χ1v) is 10.1. The smallest absolute Gasteiger partial charge is 0.285 e. The Morgan fingerprint density at radius 1 is 1.33 bits per heavy atom. The van der Waals surface area contributed by atoms with Crippen molar-refractivity contribution in [3.05, 3.63) is 57.5 Å². The fraction of sp³-hybridized carbons (Fsp3) is 0.333. The number of benzene rings is 1. The summed E-state index contributed by atoms with van der Waals surface area (Å²) >= 11 is 6.27. The number of hydrogen-bond acceptors (Lipinski definition) is 5. The van der Waals surface area contributed by atoms with Crippen molar-refractivity contribution in [3.63, 3.8) is 0 Å². The van der Waals surface area contributed by atoms with Crippen LogP contribution in [0.25, 0.3) is 11.1 Å². The zero-order chi connectivity index (χ0) is 20.4. The molecule has 146 valence electrons. The molecule has 0 aliphatic heterocycles. The van der Waals surface area contributed by atoms with Crippen LogP contribution in [-0.2, 0) is 19.9 Å². The average molecular weight is 413 g/mol. The Balaban J connectivity index is 2.46. The molecule has 0 fully saturated rings. The van der Waals surface area contributed by atoms with Crippen molar-refractivity contribution in [2.75, 3.05) is 0 Å². The van der Waals surface area contributed by atoms with E-state index in [0.29, 0.717) is 27.1 Å². The summed E-state index contributed by atoms with van der Waals surface area (Å²) in [5, 5.41) is 8.33. The van der Waals surface area contributed by atoms with Gasteiger partial charge in [0.25, 0.3) is 20.6 Å². The van der Waals surface area contributed by atoms with E-state index in [1.54, 1.807) is 23.8 Å². The quantitative estimate of drug-likeness (QED) is 0.757. The second-order valence-corrected chi connectivity index (χ2v) is 8.64. The van der Waals surface area contributed by atoms with Gasteiger partial charge in [-0.25, -0.2) is 13.1 Å². The Kier molecular flexibility index (Phi) is 6.14. The van der Waals surface area contributed by atoms with Crippen molar-refractivity contribution in [1.29, 1.82) is 0 Å². The lowest BCUT2D eigenvalue weighted by Gasteiger charge is -2.26. The molecule has 2 rings (SSSR count). The van der Waals surface area contributed by atoms with Gasteiger partial charge in [-0.3, -0.25) is 14.2 Å². The zero-order valence-electron chi connectivity index (χ0n) is 15.2. The fourth-order valence-electron chi connectivity index (χ4n) is 2.51. The summed E-state index contributed by atoms with van der Waals surface area (Å²) in [5.41, 5.74) is 1.16. The van der Waals surface area contributed by atoms with E-state index >= 15 is 0 Å². The van der Waals surface area contributed by atoms with Gasteiger partial charge in [0.1, 0.15) is 0 Å². The number of nitrogens with one attached hydrogen (secondary N) is 1. The van der Waals surface area contributed by atoms with Crippen LogP contribution in [0.3, 0.4) is 0 Å². The number of amides is 1. The van der Waals surface area contributed by atoms with E-state index in [0.717, 1.165) is 18.7 Å². The molecule has 0 saturated heterocycles. The van der Waals surface area contributed by atoms with Gasteiger partial charge in [0.15, 0.2) is 0 Å². The summed E-state index contributed by atoms with van der Waals surface area (Å²) in [6, 6.07) is 7.99. The predicted octanol–water partition coefficient (Wildman–Crippen LogP) is 2.35. The van der Waals surface area contributed by atoms with Crippen molar-refractivity contribution in [1.82, 2.24) is 9.29 Å². The Morgan fingerprint density at radius 3 is 2.59 bits per heavy atom. The molecule has 1 heterocycles. The van der Waals surface area contributed by atoms with Crippen LogP contribution in [-0.4, -0.2) is 24.0 Å². The number of nitrogens with zero attached hydrogens (tertiary/aromatic N) is 1. The summed E-state index contributed by atoms with van der Waals surface area (Å²) in [7, 11) is -4.56. The van der Waals surface area contributed by atoms with Crippen molar-refractivity contribution >= 4 is 27.5 Å². The number of rotatable bonds is 6. The van der Waals surface area contributed by atoms with Crippen LogP contribution in [0, 0.1) is 6.92 Å². The molecular weight excluding hydrogens is 392 g/mol. The van der Waals surface area contributed by atoms with Gasteiger partial charge in [-0.05, 0) is 30.5 Å². The van der Waals surface area contributed by atoms with Gasteiger partial charge in [-0.15, -0.1) is 0 Å². The Hall–Kier alpha value is -2.16. The van der Waals surface area contributed by atoms with Crippen LogP contribution in [0.1, 0.15) is 32.3 Å². The van der Waals surface area contributed by atoms with Crippen LogP contribution < -0.4 is 10.3 Å². The normalized spacial score (nSPS) is 13.8. The maximum atomic E-state index is 12.5. The molecule has 1 amide bonds. The highest BCUT2D eigenvalue weighted by Gasteiger charge is 2.40. The lowest BCUT2D eigenvalue weighted by atomic mass is 10.0. The summed E-state index contributed by atoms with van der Waals surface area (Å²) in [6.45, 7) is 4.46. The second-order valence-electron chi connectivity index (χ2n) is 6.27. The summed E-state index contributed by atoms with van der Waals surface area (Å²) in [5.74, 6) is -0.756. The minimum Gasteiger partial charge on any atom is -0.357 e. The lowest BCUT2D eigenvalue weighted by Crippen LogP contribution is -2.51. The van der Waals surface area contributed by atoms with Gasteiger partial charge in [0.05, 0.1) is 5.02 Å². The van der Waals surface area contributed by atoms with Gasteiger partial charge in [0, 0.05) is 31.2 Å². The number of aryl methyl sites for hydroxylation is 1. The SMILES string of the molecule is CCCC(=O)NS(=O)(=O)[C@@](C)(O)n1ccc(-c2cccc(C)c2Cl)cc1=O. The van der Waals surface area contributed by atoms with Crippen molar-refractivity contribution in [3.8, 4) is 11.1 Å². The maximum absolute atomic E-state index is 12.5. The molecule has 0 spiro atoms. The van der Waals surface area contributed by atoms with Gasteiger partial charge in [0.2, 0.25) is 5.91 Å². The van der Waals surface area contributed by atoms with Gasteiger partial charge in [-0.1, -0.05) is 36.7 Å². The second kappa shape index (κ2) is 7.84. The third-order valence-corrected chi connectivity index (χ3v) is 6.32. The number of halogens is 1. The van der Waals surface area contributed by atoms with E-state index in [-0.39, 0.29) is 6.42 Å². The van der Waals surface area contributed by atoms with Crippen LogP contribution >= 0.6 is 11.6 Å². The molecule has 0 radical (unpaired) electrons. The molecule has 2 aromatic rings. The lowest BCUT2D eigenvalue weighted by molar-refractivity contribution is -0.119. The number of pyridine rings is 1. The van der Waals surface area contributed by atoms with Crippen LogP contribution in [0.5, 0.6) is 0 Å². The maximum Gasteiger partial charge on any atom is 0.285 e. The summed E-state index contributed by atoms with van der Waals surface area (Å²) in [4.78, 5) is 24.1. The van der Waals surface area contributed by atoms with Gasteiger partial charge < -0.3 is 5.11 Å². The topological polar surface area (TPSA) is 105 Å². The highest BCUT2D eigenvalue weighted by atomic mass is 35.5. The number of aromatic nitrogens is 1. The number of sulfonamides is 1. The minimum absolute atomic E-state index is 0.0188. The summed E-state index contributed by atoms with van der Waals surface area (Å²) in [6.07, 6.45) is 1.57. The molecular formula is C18H21ClN2O5S. The average Bonchev–Trinajstić information content (AvgIpc) is 2.56. The van der Waals surface area contributed by atoms with E-state index in [1.807, 2.05) is 13.0 Å². The highest BCUT2D eigenvalue weighted by Crippen LogP contribution is 2.30. The van der Waals surface area contributed by atoms with Crippen LogP contribution in [0.15, 0.2) is 41.3 Å². The largest absolute Gasteiger partial charge is 0.357 e. The van der Waals surface area contributed by atoms with Crippen LogP contribution in [0.4, 0.5) is 0 Å². The van der Waals surface area contributed by atoms with Crippen molar-refractivity contribution < 1.29 is 18.3 Å². The molecule has 0 aliphatic rings. The molecule has 2 N–H and O–H groups in total. The molecule has 1 aromatic heterocycles. The monoisotopic (exact) mass is 412 g/mol. The Bertz CT molecular complexity index is 1030. The number of aliphatic hydroxyl groups is 1. The first-order chi connectivity index (χ1) is 12.5. The fourth-order valence-corrected chi connectivity index (χ4v) is 3.75. The molecule has 0 unspecified atom stereocenters. The zero-order valence-corrected chi connectivity index (χ0v) is 16.8. The van der Waals surface area contributed by atoms with Crippen molar-refractivity contribution in [2.45, 2.75) is 38.7 Å². The Labute approximate surface area is 162 Å². The van der Waals surface area contributed by atoms with E-state index < -0.39 is 26.5 Å². The predicted molar refractivity (Wildman–Crippen MR) is 104 cm³/mol. The molecule has 7 nitrogen and oxygen atoms in total. The Morgan fingerprint density at radius 2 is 2.00 bits per heavy atom. The molecule has 1 atom stereocenters. The van der Waals surface area contributed by atoms with E-state index in [2.05, 4.69) is 0 Å². The molecule has 27 heavy (non-hydrogen) atoms. The van der Waals surface area contributed by atoms with Gasteiger partial charge >= 0.3 is 0 Å². The van der Waals surface area contributed by atoms with Gasteiger partial charge in [-0.2, -0.15) is 0 Å². The van der Waals surface area contributed by atoms with Crippen molar-refractivity contribution in [2.24, 2.45) is 0 Å². The molecule has 1 aromatic carbocycles. The molecule has 0 aliphatic carbocycles. The third-order valence-electron chi connectivity index (χ3n) is 4.10. The molecule has 0 bridgehead atoms. The first-order valence-electron chi connectivity index (χ1n) is 8.27.